The average Bonchev–Trinajstić information content (AvgIpc) is 3.11. The molecule has 0 spiro atoms. The van der Waals surface area contributed by atoms with Crippen LogP contribution in [0.4, 0.5) is 4.39 Å². The third-order valence-corrected chi connectivity index (χ3v) is 3.66. The Balaban J connectivity index is 1.79. The van der Waals surface area contributed by atoms with E-state index in [-0.39, 0.29) is 11.5 Å². The van der Waals surface area contributed by atoms with Gasteiger partial charge in [-0.3, -0.25) is 14.7 Å². The summed E-state index contributed by atoms with van der Waals surface area (Å²) in [7, 11) is 0. The van der Waals surface area contributed by atoms with E-state index in [1.165, 1.54) is 18.2 Å². The zero-order valence-electron chi connectivity index (χ0n) is 13.1. The lowest BCUT2D eigenvalue weighted by atomic mass is 10.1. The fourth-order valence-electron chi connectivity index (χ4n) is 2.38. The molecule has 2 amide bonds. The van der Waals surface area contributed by atoms with Gasteiger partial charge in [0, 0.05) is 5.56 Å². The van der Waals surface area contributed by atoms with Crippen LogP contribution in [0.25, 0.3) is 11.3 Å². The quantitative estimate of drug-likeness (QED) is 0.664. The van der Waals surface area contributed by atoms with Crippen molar-refractivity contribution in [1.29, 1.82) is 0 Å². The van der Waals surface area contributed by atoms with Gasteiger partial charge in [0.05, 0.1) is 5.69 Å². The monoisotopic (exact) mass is 338 g/mol. The predicted octanol–water partition coefficient (Wildman–Crippen LogP) is 2.17. The fraction of sp³-hybridized carbons (Fsp3) is 0.0556. The van der Waals surface area contributed by atoms with E-state index >= 15 is 0 Å². The van der Waals surface area contributed by atoms with E-state index in [0.29, 0.717) is 16.8 Å². The van der Waals surface area contributed by atoms with Gasteiger partial charge in [-0.2, -0.15) is 5.10 Å². The molecular weight excluding hydrogens is 323 g/mol. The number of carbonyl (C=O) groups excluding carboxylic acids is 2. The normalized spacial score (nSPS) is 11.7. The van der Waals surface area contributed by atoms with Gasteiger partial charge in [0.1, 0.15) is 17.6 Å². The molecule has 0 saturated heterocycles. The number of carbonyl (C=O) groups is 2. The number of halogens is 1. The molecule has 0 bridgehead atoms. The standard InChI is InChI=1S/C18H15FN4O2/c19-13-8-6-11(7-9-13)14-10-15(23-22-14)18(25)21-16(17(20)24)12-4-2-1-3-5-12/h1-10,16H,(H2,20,24)(H,21,25)(H,22,23). The minimum Gasteiger partial charge on any atom is -0.368 e. The highest BCUT2D eigenvalue weighted by atomic mass is 19.1. The molecule has 0 radical (unpaired) electrons. The highest BCUT2D eigenvalue weighted by Gasteiger charge is 2.22. The van der Waals surface area contributed by atoms with Crippen molar-refractivity contribution in [2.24, 2.45) is 5.73 Å². The SMILES string of the molecule is NC(=O)C(NC(=O)c1cc(-c2ccc(F)cc2)n[nH]1)c1ccccc1. The number of nitrogens with zero attached hydrogens (tertiary/aromatic N) is 1. The van der Waals surface area contributed by atoms with Crippen LogP contribution in [0.1, 0.15) is 22.1 Å². The molecule has 3 rings (SSSR count). The summed E-state index contributed by atoms with van der Waals surface area (Å²) >= 11 is 0. The van der Waals surface area contributed by atoms with Gasteiger partial charge in [-0.1, -0.05) is 30.3 Å². The molecule has 4 N–H and O–H groups in total. The number of nitrogens with two attached hydrogens (primary N) is 1. The van der Waals surface area contributed by atoms with Crippen LogP contribution in [-0.4, -0.2) is 22.0 Å². The lowest BCUT2D eigenvalue weighted by Gasteiger charge is -2.15. The first-order valence-corrected chi connectivity index (χ1v) is 7.51. The molecule has 0 aliphatic carbocycles. The average molecular weight is 338 g/mol. The third-order valence-electron chi connectivity index (χ3n) is 3.66. The number of hydrogen-bond donors (Lipinski definition) is 3. The zero-order chi connectivity index (χ0) is 17.8. The van der Waals surface area contributed by atoms with E-state index in [1.54, 1.807) is 42.5 Å². The molecule has 1 heterocycles. The van der Waals surface area contributed by atoms with Crippen molar-refractivity contribution in [2.75, 3.05) is 0 Å². The fourth-order valence-corrected chi connectivity index (χ4v) is 2.38. The summed E-state index contributed by atoms with van der Waals surface area (Å²) in [5.74, 6) is -1.55. The summed E-state index contributed by atoms with van der Waals surface area (Å²) in [4.78, 5) is 24.1. The Bertz CT molecular complexity index is 891. The lowest BCUT2D eigenvalue weighted by Crippen LogP contribution is -2.37. The minimum atomic E-state index is -0.953. The third kappa shape index (κ3) is 3.72. The van der Waals surface area contributed by atoms with Crippen LogP contribution in [0.15, 0.2) is 60.7 Å². The number of aromatic nitrogens is 2. The van der Waals surface area contributed by atoms with Crippen LogP contribution in [0.2, 0.25) is 0 Å². The summed E-state index contributed by atoms with van der Waals surface area (Å²) in [5.41, 5.74) is 7.29. The number of benzene rings is 2. The summed E-state index contributed by atoms with van der Waals surface area (Å²) in [5, 5.41) is 9.22. The predicted molar refractivity (Wildman–Crippen MR) is 89.8 cm³/mol. The van der Waals surface area contributed by atoms with Crippen molar-refractivity contribution < 1.29 is 14.0 Å². The van der Waals surface area contributed by atoms with Crippen molar-refractivity contribution in [1.82, 2.24) is 15.5 Å². The molecular formula is C18H15FN4O2. The van der Waals surface area contributed by atoms with E-state index in [4.69, 9.17) is 5.73 Å². The highest BCUT2D eigenvalue weighted by Crippen LogP contribution is 2.19. The maximum absolute atomic E-state index is 13.0. The van der Waals surface area contributed by atoms with E-state index in [9.17, 15) is 14.0 Å². The van der Waals surface area contributed by atoms with Crippen LogP contribution in [0, 0.1) is 5.82 Å². The molecule has 7 heteroatoms. The molecule has 25 heavy (non-hydrogen) atoms. The van der Waals surface area contributed by atoms with Gasteiger partial charge in [-0.05, 0) is 35.9 Å². The van der Waals surface area contributed by atoms with Gasteiger partial charge in [-0.15, -0.1) is 0 Å². The van der Waals surface area contributed by atoms with Gasteiger partial charge in [0.25, 0.3) is 5.91 Å². The van der Waals surface area contributed by atoms with Gasteiger partial charge < -0.3 is 11.1 Å². The molecule has 6 nitrogen and oxygen atoms in total. The number of nitrogens with one attached hydrogen (secondary N) is 2. The molecule has 1 atom stereocenters. The summed E-state index contributed by atoms with van der Waals surface area (Å²) < 4.78 is 13.0. The van der Waals surface area contributed by atoms with Crippen molar-refractivity contribution in [3.63, 3.8) is 0 Å². The van der Waals surface area contributed by atoms with Gasteiger partial charge in [0.2, 0.25) is 5.91 Å². The number of aromatic amines is 1. The zero-order valence-corrected chi connectivity index (χ0v) is 13.1. The molecule has 0 saturated carbocycles. The second kappa shape index (κ2) is 6.96. The van der Waals surface area contributed by atoms with Crippen LogP contribution in [0.3, 0.4) is 0 Å². The maximum atomic E-state index is 13.0. The second-order valence-corrected chi connectivity index (χ2v) is 5.39. The lowest BCUT2D eigenvalue weighted by molar-refractivity contribution is -0.120. The minimum absolute atomic E-state index is 0.168. The van der Waals surface area contributed by atoms with Crippen LogP contribution in [-0.2, 0) is 4.79 Å². The van der Waals surface area contributed by atoms with Crippen molar-refractivity contribution in [3.05, 3.63) is 77.7 Å². The molecule has 0 fully saturated rings. The van der Waals surface area contributed by atoms with Gasteiger partial charge in [-0.25, -0.2) is 4.39 Å². The van der Waals surface area contributed by atoms with Crippen LogP contribution in [0.5, 0.6) is 0 Å². The van der Waals surface area contributed by atoms with Crippen LogP contribution >= 0.6 is 0 Å². The van der Waals surface area contributed by atoms with Gasteiger partial charge in [0.15, 0.2) is 0 Å². The van der Waals surface area contributed by atoms with E-state index in [1.807, 2.05) is 0 Å². The summed E-state index contributed by atoms with van der Waals surface area (Å²) in [6.07, 6.45) is 0. The molecule has 0 aliphatic heterocycles. The van der Waals surface area contributed by atoms with Crippen molar-refractivity contribution in [2.45, 2.75) is 6.04 Å². The molecule has 3 aromatic rings. The maximum Gasteiger partial charge on any atom is 0.270 e. The number of amides is 2. The van der Waals surface area contributed by atoms with E-state index in [2.05, 4.69) is 15.5 Å². The van der Waals surface area contributed by atoms with Crippen molar-refractivity contribution in [3.8, 4) is 11.3 Å². The van der Waals surface area contributed by atoms with E-state index in [0.717, 1.165) is 0 Å². The molecule has 1 aromatic heterocycles. The number of hydrogen-bond acceptors (Lipinski definition) is 3. The molecule has 1 unspecified atom stereocenters. The number of H-pyrrole nitrogens is 1. The first-order valence-electron chi connectivity index (χ1n) is 7.51. The molecule has 2 aromatic carbocycles. The van der Waals surface area contributed by atoms with Gasteiger partial charge >= 0.3 is 0 Å². The molecule has 0 aliphatic rings. The first kappa shape index (κ1) is 16.4. The molecule has 126 valence electrons. The Morgan fingerprint density at radius 3 is 2.40 bits per heavy atom. The Morgan fingerprint density at radius 2 is 1.76 bits per heavy atom. The topological polar surface area (TPSA) is 101 Å². The van der Waals surface area contributed by atoms with Crippen LogP contribution < -0.4 is 11.1 Å². The van der Waals surface area contributed by atoms with E-state index < -0.39 is 17.9 Å². The highest BCUT2D eigenvalue weighted by molar-refractivity contribution is 5.96. The number of primary amides is 1. The summed E-state index contributed by atoms with van der Waals surface area (Å²) in [6, 6.07) is 15.0. The first-order chi connectivity index (χ1) is 12.0. The Morgan fingerprint density at radius 1 is 1.08 bits per heavy atom. The number of rotatable bonds is 5. The largest absolute Gasteiger partial charge is 0.368 e. The second-order valence-electron chi connectivity index (χ2n) is 5.39. The van der Waals surface area contributed by atoms with Crippen molar-refractivity contribution >= 4 is 11.8 Å². The Kier molecular flexibility index (Phi) is 4.56. The smallest absolute Gasteiger partial charge is 0.270 e. The Hall–Kier alpha value is -3.48. The summed E-state index contributed by atoms with van der Waals surface area (Å²) in [6.45, 7) is 0. The Labute approximate surface area is 142 Å².